The minimum absolute atomic E-state index is 0.138. The molecule has 1 aromatic carbocycles. The highest BCUT2D eigenvalue weighted by molar-refractivity contribution is 7.09. The maximum atomic E-state index is 8.82. The summed E-state index contributed by atoms with van der Waals surface area (Å²) in [5.41, 5.74) is 7.53. The zero-order valence-electron chi connectivity index (χ0n) is 10.2. The van der Waals surface area contributed by atoms with E-state index in [2.05, 4.69) is 21.2 Å². The Kier molecular flexibility index (Phi) is 2.97. The molecule has 96 valence electrons. The second kappa shape index (κ2) is 4.78. The maximum Gasteiger partial charge on any atom is 0.170 e. The quantitative estimate of drug-likeness (QED) is 0.333. The molecule has 3 N–H and O–H groups in total. The van der Waals surface area contributed by atoms with Gasteiger partial charge in [0.15, 0.2) is 5.84 Å². The van der Waals surface area contributed by atoms with Gasteiger partial charge in [0, 0.05) is 27.5 Å². The molecule has 0 aliphatic carbocycles. The van der Waals surface area contributed by atoms with Crippen LogP contribution >= 0.6 is 11.3 Å². The molecule has 0 saturated heterocycles. The predicted molar refractivity (Wildman–Crippen MR) is 77.9 cm³/mol. The van der Waals surface area contributed by atoms with Crippen LogP contribution in [0.25, 0.3) is 10.9 Å². The SMILES string of the molecule is N/C(=N/O)c1cccc2c1ccn2Cc1cccs1. The van der Waals surface area contributed by atoms with Crippen LogP contribution in [0.1, 0.15) is 10.4 Å². The fraction of sp³-hybridized carbons (Fsp3) is 0.0714. The summed E-state index contributed by atoms with van der Waals surface area (Å²) in [6.45, 7) is 0.834. The first-order chi connectivity index (χ1) is 9.29. The van der Waals surface area contributed by atoms with Crippen molar-refractivity contribution in [2.75, 3.05) is 0 Å². The summed E-state index contributed by atoms with van der Waals surface area (Å²) in [4.78, 5) is 1.30. The third-order valence-electron chi connectivity index (χ3n) is 3.10. The lowest BCUT2D eigenvalue weighted by Gasteiger charge is -2.05. The first-order valence-corrected chi connectivity index (χ1v) is 6.75. The molecule has 2 heterocycles. The summed E-state index contributed by atoms with van der Waals surface area (Å²) in [5.74, 6) is 0.138. The van der Waals surface area contributed by atoms with Crippen LogP contribution in [0.2, 0.25) is 0 Å². The highest BCUT2D eigenvalue weighted by atomic mass is 32.1. The number of fused-ring (bicyclic) bond motifs is 1. The van der Waals surface area contributed by atoms with Crippen LogP contribution in [-0.4, -0.2) is 15.6 Å². The van der Waals surface area contributed by atoms with E-state index in [1.165, 1.54) is 4.88 Å². The number of thiophene rings is 1. The van der Waals surface area contributed by atoms with E-state index < -0.39 is 0 Å². The van der Waals surface area contributed by atoms with E-state index in [0.29, 0.717) is 0 Å². The van der Waals surface area contributed by atoms with Crippen molar-refractivity contribution in [3.8, 4) is 0 Å². The molecular formula is C14H13N3OS. The largest absolute Gasteiger partial charge is 0.409 e. The van der Waals surface area contributed by atoms with Crippen molar-refractivity contribution in [2.24, 2.45) is 10.9 Å². The van der Waals surface area contributed by atoms with Gasteiger partial charge in [-0.2, -0.15) is 0 Å². The Morgan fingerprint density at radius 1 is 1.26 bits per heavy atom. The van der Waals surface area contributed by atoms with Gasteiger partial charge in [-0.3, -0.25) is 0 Å². The Morgan fingerprint density at radius 3 is 2.89 bits per heavy atom. The van der Waals surface area contributed by atoms with E-state index in [1.807, 2.05) is 36.5 Å². The molecule has 2 aromatic heterocycles. The molecule has 0 unspecified atom stereocenters. The summed E-state index contributed by atoms with van der Waals surface area (Å²) in [6, 6.07) is 12.0. The van der Waals surface area contributed by atoms with Crippen LogP contribution in [-0.2, 0) is 6.54 Å². The Bertz CT molecular complexity index is 728. The van der Waals surface area contributed by atoms with Gasteiger partial charge in [-0.05, 0) is 23.6 Å². The second-order valence-corrected chi connectivity index (χ2v) is 5.28. The third-order valence-corrected chi connectivity index (χ3v) is 3.96. The molecular weight excluding hydrogens is 258 g/mol. The average Bonchev–Trinajstić information content (AvgIpc) is 3.08. The molecule has 0 spiro atoms. The van der Waals surface area contributed by atoms with Crippen LogP contribution < -0.4 is 5.73 Å². The van der Waals surface area contributed by atoms with Gasteiger partial charge in [-0.1, -0.05) is 23.4 Å². The number of benzene rings is 1. The van der Waals surface area contributed by atoms with Gasteiger partial charge >= 0.3 is 0 Å². The summed E-state index contributed by atoms with van der Waals surface area (Å²) < 4.78 is 2.16. The number of hydrogen-bond donors (Lipinski definition) is 2. The highest BCUT2D eigenvalue weighted by Crippen LogP contribution is 2.22. The van der Waals surface area contributed by atoms with E-state index in [-0.39, 0.29) is 5.84 Å². The fourth-order valence-corrected chi connectivity index (χ4v) is 2.91. The Balaban J connectivity index is 2.09. The van der Waals surface area contributed by atoms with Crippen LogP contribution in [0.3, 0.4) is 0 Å². The number of oxime groups is 1. The molecule has 4 nitrogen and oxygen atoms in total. The van der Waals surface area contributed by atoms with Crippen molar-refractivity contribution in [2.45, 2.75) is 6.54 Å². The number of hydrogen-bond acceptors (Lipinski definition) is 3. The van der Waals surface area contributed by atoms with E-state index >= 15 is 0 Å². The number of nitrogens with zero attached hydrogens (tertiary/aromatic N) is 2. The van der Waals surface area contributed by atoms with Crippen molar-refractivity contribution in [1.29, 1.82) is 0 Å². The van der Waals surface area contributed by atoms with Crippen molar-refractivity contribution in [3.05, 3.63) is 58.4 Å². The molecule has 0 amide bonds. The molecule has 0 radical (unpaired) electrons. The van der Waals surface area contributed by atoms with Gasteiger partial charge in [0.2, 0.25) is 0 Å². The number of amidine groups is 1. The standard InChI is InChI=1S/C14H13N3OS/c15-14(16-18)12-4-1-5-13-11(12)6-7-17(13)9-10-3-2-8-19-10/h1-8,18H,9H2,(H2,15,16). The predicted octanol–water partition coefficient (Wildman–Crippen LogP) is 2.85. The Hall–Kier alpha value is -2.27. The molecule has 0 aliphatic heterocycles. The van der Waals surface area contributed by atoms with Gasteiger partial charge < -0.3 is 15.5 Å². The maximum absolute atomic E-state index is 8.82. The molecule has 0 aliphatic rings. The summed E-state index contributed by atoms with van der Waals surface area (Å²) in [5, 5.41) is 15.0. The highest BCUT2D eigenvalue weighted by Gasteiger charge is 2.09. The van der Waals surface area contributed by atoms with Crippen molar-refractivity contribution in [3.63, 3.8) is 0 Å². The molecule has 0 saturated carbocycles. The molecule has 3 rings (SSSR count). The first-order valence-electron chi connectivity index (χ1n) is 5.88. The monoisotopic (exact) mass is 271 g/mol. The number of rotatable bonds is 3. The van der Waals surface area contributed by atoms with E-state index in [9.17, 15) is 0 Å². The topological polar surface area (TPSA) is 63.5 Å². The molecule has 5 heteroatoms. The molecule has 0 bridgehead atoms. The zero-order valence-corrected chi connectivity index (χ0v) is 11.0. The Morgan fingerprint density at radius 2 is 2.16 bits per heavy atom. The lowest BCUT2D eigenvalue weighted by molar-refractivity contribution is 0.318. The minimum Gasteiger partial charge on any atom is -0.409 e. The zero-order chi connectivity index (χ0) is 13.2. The van der Waals surface area contributed by atoms with Gasteiger partial charge in [0.1, 0.15) is 0 Å². The van der Waals surface area contributed by atoms with E-state index in [4.69, 9.17) is 10.9 Å². The van der Waals surface area contributed by atoms with E-state index in [0.717, 1.165) is 23.0 Å². The van der Waals surface area contributed by atoms with Gasteiger partial charge in [-0.15, -0.1) is 11.3 Å². The summed E-state index contributed by atoms with van der Waals surface area (Å²) in [6.07, 6.45) is 2.03. The first kappa shape index (κ1) is 11.8. The molecule has 0 atom stereocenters. The third kappa shape index (κ3) is 2.08. The van der Waals surface area contributed by atoms with Gasteiger partial charge in [-0.25, -0.2) is 0 Å². The Labute approximate surface area is 114 Å². The average molecular weight is 271 g/mol. The second-order valence-electron chi connectivity index (χ2n) is 4.25. The lowest BCUT2D eigenvalue weighted by Crippen LogP contribution is -2.13. The minimum atomic E-state index is 0.138. The van der Waals surface area contributed by atoms with Crippen LogP contribution in [0.4, 0.5) is 0 Å². The summed E-state index contributed by atoms with van der Waals surface area (Å²) >= 11 is 1.74. The van der Waals surface area contributed by atoms with Crippen molar-refractivity contribution in [1.82, 2.24) is 4.57 Å². The fourth-order valence-electron chi connectivity index (χ4n) is 2.21. The molecule has 0 fully saturated rings. The van der Waals surface area contributed by atoms with Crippen LogP contribution in [0, 0.1) is 0 Å². The lowest BCUT2D eigenvalue weighted by atomic mass is 10.1. The van der Waals surface area contributed by atoms with E-state index in [1.54, 1.807) is 11.3 Å². The number of aromatic nitrogens is 1. The van der Waals surface area contributed by atoms with Crippen molar-refractivity contribution < 1.29 is 5.21 Å². The van der Waals surface area contributed by atoms with Crippen LogP contribution in [0.5, 0.6) is 0 Å². The number of nitrogens with two attached hydrogens (primary N) is 1. The normalized spacial score (nSPS) is 12.1. The van der Waals surface area contributed by atoms with Crippen LogP contribution in [0.15, 0.2) is 53.1 Å². The molecule has 3 aromatic rings. The summed E-state index contributed by atoms with van der Waals surface area (Å²) in [7, 11) is 0. The smallest absolute Gasteiger partial charge is 0.170 e. The van der Waals surface area contributed by atoms with Gasteiger partial charge in [0.25, 0.3) is 0 Å². The molecule has 19 heavy (non-hydrogen) atoms. The van der Waals surface area contributed by atoms with Gasteiger partial charge in [0.05, 0.1) is 6.54 Å². The van der Waals surface area contributed by atoms with Crippen molar-refractivity contribution >= 4 is 28.1 Å².